The third kappa shape index (κ3) is 3.06. The number of rotatable bonds is 4. The molecule has 0 radical (unpaired) electrons. The molecule has 1 aromatic rings. The van der Waals surface area contributed by atoms with Gasteiger partial charge in [0.2, 0.25) is 10.0 Å². The fraction of sp³-hybridized carbons (Fsp3) is 0.667. The summed E-state index contributed by atoms with van der Waals surface area (Å²) in [7, 11) is -1.52. The number of hydrogen-bond acceptors (Lipinski definition) is 4. The Bertz CT molecular complexity index is 575. The Morgan fingerprint density at radius 2 is 2.20 bits per heavy atom. The zero-order chi connectivity index (χ0) is 14.9. The van der Waals surface area contributed by atoms with Crippen molar-refractivity contribution in [2.45, 2.75) is 30.2 Å². The Hall–Kier alpha value is -0.0800. The Kier molecular flexibility index (Phi) is 5.18. The summed E-state index contributed by atoms with van der Waals surface area (Å²) in [5, 5.41) is 0. The second-order valence-corrected chi connectivity index (χ2v) is 7.78. The zero-order valence-electron chi connectivity index (χ0n) is 11.5. The maximum absolute atomic E-state index is 12.7. The van der Waals surface area contributed by atoms with Gasteiger partial charge >= 0.3 is 0 Å². The molecule has 1 aromatic heterocycles. The smallest absolute Gasteiger partial charge is 0.247 e. The molecule has 0 bridgehead atoms. The summed E-state index contributed by atoms with van der Waals surface area (Å²) in [6, 6.07) is 1.74. The number of likely N-dealkylation sites (N-methyl/N-ethyl adjacent to an activating group) is 1. The van der Waals surface area contributed by atoms with Crippen molar-refractivity contribution < 1.29 is 12.8 Å². The summed E-state index contributed by atoms with van der Waals surface area (Å²) in [5.41, 5.74) is 0. The second kappa shape index (κ2) is 6.36. The Morgan fingerprint density at radius 3 is 2.75 bits per heavy atom. The van der Waals surface area contributed by atoms with Crippen molar-refractivity contribution >= 4 is 37.6 Å². The standard InChI is InChI=1S/C12H18BrClN2O3S/c1-3-9-8-16(5-4-15(9)2)20(17,18)11-6-10(7-14)19-12(11)13/h6,9H,3-5,7-8H2,1-2H3. The lowest BCUT2D eigenvalue weighted by atomic mass is 10.1. The minimum atomic E-state index is -3.54. The van der Waals surface area contributed by atoms with E-state index in [9.17, 15) is 8.42 Å². The van der Waals surface area contributed by atoms with Gasteiger partial charge in [-0.1, -0.05) is 6.92 Å². The van der Waals surface area contributed by atoms with Gasteiger partial charge < -0.3 is 9.32 Å². The Balaban J connectivity index is 2.28. The van der Waals surface area contributed by atoms with E-state index >= 15 is 0 Å². The molecule has 114 valence electrons. The van der Waals surface area contributed by atoms with Crippen LogP contribution < -0.4 is 0 Å². The molecule has 1 fully saturated rings. The molecule has 2 heterocycles. The summed E-state index contributed by atoms with van der Waals surface area (Å²) in [4.78, 5) is 2.35. The van der Waals surface area contributed by atoms with Gasteiger partial charge in [0.1, 0.15) is 10.7 Å². The van der Waals surface area contributed by atoms with Crippen LogP contribution in [0.4, 0.5) is 0 Å². The lowest BCUT2D eigenvalue weighted by Gasteiger charge is -2.38. The summed E-state index contributed by atoms with van der Waals surface area (Å²) in [6.07, 6.45) is 0.919. The van der Waals surface area contributed by atoms with E-state index in [4.69, 9.17) is 16.0 Å². The predicted octanol–water partition coefficient (Wildman–Crippen LogP) is 2.50. The summed E-state index contributed by atoms with van der Waals surface area (Å²) >= 11 is 8.85. The molecule has 0 aliphatic carbocycles. The van der Waals surface area contributed by atoms with Gasteiger partial charge in [0.05, 0.1) is 5.88 Å². The van der Waals surface area contributed by atoms with Gasteiger partial charge in [-0.2, -0.15) is 4.31 Å². The minimum Gasteiger partial charge on any atom is -0.452 e. The molecule has 0 aromatic carbocycles. The van der Waals surface area contributed by atoms with Crippen LogP contribution in [-0.4, -0.2) is 50.3 Å². The first kappa shape index (κ1) is 16.3. The topological polar surface area (TPSA) is 53.8 Å². The lowest BCUT2D eigenvalue weighted by molar-refractivity contribution is 0.144. The monoisotopic (exact) mass is 384 g/mol. The van der Waals surface area contributed by atoms with Gasteiger partial charge in [-0.3, -0.25) is 0 Å². The van der Waals surface area contributed by atoms with Crippen LogP contribution in [0, 0.1) is 0 Å². The van der Waals surface area contributed by atoms with E-state index < -0.39 is 10.0 Å². The van der Waals surface area contributed by atoms with E-state index in [0.717, 1.165) is 13.0 Å². The number of nitrogens with zero attached hydrogens (tertiary/aromatic N) is 2. The van der Waals surface area contributed by atoms with Crippen LogP contribution in [0.2, 0.25) is 0 Å². The van der Waals surface area contributed by atoms with Crippen molar-refractivity contribution in [2.75, 3.05) is 26.7 Å². The van der Waals surface area contributed by atoms with E-state index in [1.807, 2.05) is 7.05 Å². The number of hydrogen-bond donors (Lipinski definition) is 0. The van der Waals surface area contributed by atoms with Crippen LogP contribution in [-0.2, 0) is 15.9 Å². The first-order valence-corrected chi connectivity index (χ1v) is 9.21. The molecule has 20 heavy (non-hydrogen) atoms. The Morgan fingerprint density at radius 1 is 1.50 bits per heavy atom. The summed E-state index contributed by atoms with van der Waals surface area (Å²) in [6.45, 7) is 3.79. The number of furan rings is 1. The van der Waals surface area contributed by atoms with Crippen molar-refractivity contribution in [2.24, 2.45) is 0 Å². The van der Waals surface area contributed by atoms with Gasteiger partial charge in [-0.05, 0) is 29.4 Å². The van der Waals surface area contributed by atoms with E-state index in [2.05, 4.69) is 27.8 Å². The van der Waals surface area contributed by atoms with Crippen molar-refractivity contribution in [1.29, 1.82) is 0 Å². The van der Waals surface area contributed by atoms with Crippen LogP contribution >= 0.6 is 27.5 Å². The highest BCUT2D eigenvalue weighted by molar-refractivity contribution is 9.10. The highest BCUT2D eigenvalue weighted by Crippen LogP contribution is 2.30. The fourth-order valence-corrected chi connectivity index (χ4v) is 4.92. The molecule has 0 saturated carbocycles. The average molecular weight is 386 g/mol. The van der Waals surface area contributed by atoms with E-state index in [1.165, 1.54) is 10.4 Å². The highest BCUT2D eigenvalue weighted by Gasteiger charge is 2.34. The van der Waals surface area contributed by atoms with Crippen LogP contribution in [0.15, 0.2) is 20.0 Å². The molecule has 8 heteroatoms. The van der Waals surface area contributed by atoms with Crippen molar-refractivity contribution in [1.82, 2.24) is 9.21 Å². The molecule has 1 saturated heterocycles. The molecule has 1 aliphatic heterocycles. The van der Waals surface area contributed by atoms with Crippen molar-refractivity contribution in [3.05, 3.63) is 16.5 Å². The average Bonchev–Trinajstić information content (AvgIpc) is 2.81. The van der Waals surface area contributed by atoms with Crippen LogP contribution in [0.1, 0.15) is 19.1 Å². The first-order valence-electron chi connectivity index (χ1n) is 6.44. The summed E-state index contributed by atoms with van der Waals surface area (Å²) in [5.74, 6) is 0.590. The quantitative estimate of drug-likeness (QED) is 0.747. The molecule has 5 nitrogen and oxygen atoms in total. The number of sulfonamides is 1. The van der Waals surface area contributed by atoms with Crippen molar-refractivity contribution in [3.8, 4) is 0 Å². The van der Waals surface area contributed by atoms with E-state index in [-0.39, 0.29) is 21.5 Å². The minimum absolute atomic E-state index is 0.147. The molecule has 2 rings (SSSR count). The SMILES string of the molecule is CCC1CN(S(=O)(=O)c2cc(CCl)oc2Br)CCN1C. The molecule has 0 N–H and O–H groups in total. The Labute approximate surface area is 133 Å². The van der Waals surface area contributed by atoms with Crippen LogP contribution in [0.3, 0.4) is 0 Å². The molecule has 1 unspecified atom stereocenters. The van der Waals surface area contributed by atoms with Crippen LogP contribution in [0.25, 0.3) is 0 Å². The normalized spacial score (nSPS) is 22.3. The van der Waals surface area contributed by atoms with Gasteiger partial charge in [0.25, 0.3) is 0 Å². The molecular weight excluding hydrogens is 368 g/mol. The maximum atomic E-state index is 12.7. The molecule has 0 amide bonds. The third-order valence-corrected chi connectivity index (χ3v) is 6.65. The molecular formula is C12H18BrClN2O3S. The number of halogens is 2. The summed E-state index contributed by atoms with van der Waals surface area (Å²) < 4.78 is 32.4. The highest BCUT2D eigenvalue weighted by atomic mass is 79.9. The van der Waals surface area contributed by atoms with E-state index in [0.29, 0.717) is 18.8 Å². The lowest BCUT2D eigenvalue weighted by Crippen LogP contribution is -2.52. The van der Waals surface area contributed by atoms with Crippen LogP contribution in [0.5, 0.6) is 0 Å². The maximum Gasteiger partial charge on any atom is 0.247 e. The van der Waals surface area contributed by atoms with Gasteiger partial charge in [-0.25, -0.2) is 8.42 Å². The largest absolute Gasteiger partial charge is 0.452 e. The van der Waals surface area contributed by atoms with Gasteiger partial charge in [0.15, 0.2) is 4.67 Å². The number of alkyl halides is 1. The molecule has 0 spiro atoms. The zero-order valence-corrected chi connectivity index (χ0v) is 14.6. The third-order valence-electron chi connectivity index (χ3n) is 3.67. The first-order chi connectivity index (χ1) is 9.40. The molecule has 1 atom stereocenters. The predicted molar refractivity (Wildman–Crippen MR) is 81.4 cm³/mol. The van der Waals surface area contributed by atoms with Gasteiger partial charge in [0, 0.05) is 31.7 Å². The van der Waals surface area contributed by atoms with Crippen molar-refractivity contribution in [3.63, 3.8) is 0 Å². The number of piperazine rings is 1. The van der Waals surface area contributed by atoms with E-state index in [1.54, 1.807) is 0 Å². The second-order valence-electron chi connectivity index (χ2n) is 4.89. The van der Waals surface area contributed by atoms with Gasteiger partial charge in [-0.15, -0.1) is 11.6 Å². The molecule has 1 aliphatic rings. The fourth-order valence-electron chi connectivity index (χ4n) is 2.36.